The Morgan fingerprint density at radius 2 is 0.952 bits per heavy atom. The van der Waals surface area contributed by atoms with Crippen molar-refractivity contribution in [2.75, 3.05) is 37.7 Å². The summed E-state index contributed by atoms with van der Waals surface area (Å²) in [5, 5.41) is 78.4. The highest BCUT2D eigenvalue weighted by atomic mass is 32.2. The molecule has 1 saturated heterocycles. The SMILES string of the molecule is CCCC[C@@H]1NC(=O)[C@H](Cc2c[nH]c3ccccc23)NC(=O)[C@H](CC(=O)O)NC(=O)[C@H](CCCNC(=N)N)NC(=O)CNC(=O)[C@H](CO)NC(=O)[C@H]([C@@H](C)CC)NC(=O)[C@H](Cc2ccc3ccccc3c2)NC(=O)[C@H](Cc2ccc(O)cc2)NC(=O)CSC[C@@H](C(N)=O)NC(=O)[C@H](C(C)C)NC(=O)[C@H](Cc2c[nH]c3ccccc23)NC(=O)[C@H](CCCCN)NC1=O. The molecule has 0 spiro atoms. The fourth-order valence-corrected chi connectivity index (χ4v) is 15.2. The number of carboxylic acids is 1. The van der Waals surface area contributed by atoms with Crippen LogP contribution in [0.2, 0.25) is 0 Å². The number of carboxylic acid groups (broad SMARTS) is 1. The minimum Gasteiger partial charge on any atom is -0.508 e. The average Bonchev–Trinajstić information content (AvgIpc) is 1.63. The van der Waals surface area contributed by atoms with Gasteiger partial charge < -0.3 is 117 Å². The monoisotopic (exact) mass is 1760 g/mol. The zero-order valence-electron chi connectivity index (χ0n) is 71.0. The van der Waals surface area contributed by atoms with E-state index in [0.717, 1.165) is 22.5 Å². The standard InChI is InChI=1S/C87H116N20O18S/c1-6-8-22-61-78(117)98-62(25-15-16-33-88)79(118)101-66(39-54-42-94-59-24-14-12-21-57(54)59)84(123)106-73(47(3)4)85(124)105-69(75(89)114)45-126-46-71(111)97-63(36-49-28-31-55(109)32-29-49)80(119)100-64(37-50-27-30-51-18-9-10-19-52(51)35-50)83(122)107-74(48(5)7-2)86(125)104-68(44-108)76(115)95-43-70(110)96-60(26-17-34-92-87(90)91)77(116)103-67(40-72(112)113)82(121)102-65(81(120)99-61)38-53-41-93-58-23-13-11-20-56(53)58/h9-14,18-21,23-24,27-32,35,41-42,47-48,60-69,73-74,93-94,108-109H,6-8,15-17,22,25-26,33-34,36-40,43-46,88H2,1-5H3,(H2,89,114)(H,95,115)(H,96,110)(H,97,111)(H,98,117)(H,99,120)(H,100,119)(H,101,118)(H,102,121)(H,103,116)(H,104,125)(H,105,124)(H,106,123)(H,107,122)(H,112,113)(H4,90,91,92)/t48-,60-,61-,62-,63-,64-,65-,66-,67-,68-,69-,73-,74-/m0/s1. The fourth-order valence-electron chi connectivity index (χ4n) is 14.3. The van der Waals surface area contributed by atoms with Gasteiger partial charge in [0.2, 0.25) is 82.7 Å². The van der Waals surface area contributed by atoms with E-state index in [1.54, 1.807) is 113 Å². The third kappa shape index (κ3) is 29.8. The van der Waals surface area contributed by atoms with Crippen LogP contribution in [0.15, 0.2) is 128 Å². The number of aromatic amines is 2. The highest BCUT2D eigenvalue weighted by Crippen LogP contribution is 2.24. The summed E-state index contributed by atoms with van der Waals surface area (Å²) < 4.78 is 0. The smallest absolute Gasteiger partial charge is 0.305 e. The number of thioether (sulfide) groups is 1. The Kier molecular flexibility index (Phi) is 38.0. The summed E-state index contributed by atoms with van der Waals surface area (Å²) in [7, 11) is 0. The molecule has 7 aromatic rings. The number of H-pyrrole nitrogens is 2. The Labute approximate surface area is 731 Å². The summed E-state index contributed by atoms with van der Waals surface area (Å²) in [6, 6.07) is 13.3. The van der Waals surface area contributed by atoms with E-state index in [9.17, 15) is 58.5 Å². The second-order valence-electron chi connectivity index (χ2n) is 31.5. The number of aliphatic hydroxyl groups is 1. The molecule has 2 aromatic heterocycles. The molecule has 1 fully saturated rings. The van der Waals surface area contributed by atoms with Crippen molar-refractivity contribution in [3.8, 4) is 5.75 Å². The van der Waals surface area contributed by atoms with Crippen LogP contribution in [-0.2, 0) is 97.6 Å². The molecule has 0 unspecified atom stereocenters. The lowest BCUT2D eigenvalue weighted by molar-refractivity contribution is -0.141. The maximum atomic E-state index is 15.2. The Bertz CT molecular complexity index is 5010. The number of phenolic OH excluding ortho intramolecular Hbond substituents is 1. The molecule has 39 heteroatoms. The van der Waals surface area contributed by atoms with Gasteiger partial charge in [0.25, 0.3) is 0 Å². The number of hydrogen-bond donors (Lipinski definition) is 23. The van der Waals surface area contributed by atoms with E-state index < -0.39 is 204 Å². The number of para-hydroxylation sites is 2. The molecule has 38 nitrogen and oxygen atoms in total. The van der Waals surface area contributed by atoms with E-state index in [1.165, 1.54) is 24.3 Å². The minimum absolute atomic E-state index is 0.0212. The third-order valence-corrected chi connectivity index (χ3v) is 22.6. The molecule has 14 amide bonds. The van der Waals surface area contributed by atoms with Gasteiger partial charge in [-0.05, 0) is 114 Å². The van der Waals surface area contributed by atoms with Crippen LogP contribution in [0.5, 0.6) is 5.75 Å². The van der Waals surface area contributed by atoms with Gasteiger partial charge in [0, 0.05) is 72.2 Å². The van der Waals surface area contributed by atoms with Crippen LogP contribution >= 0.6 is 11.8 Å². The number of amides is 14. The summed E-state index contributed by atoms with van der Waals surface area (Å²) in [5.41, 5.74) is 20.7. The molecule has 0 radical (unpaired) electrons. The van der Waals surface area contributed by atoms with Gasteiger partial charge in [-0.25, -0.2) is 0 Å². The van der Waals surface area contributed by atoms with Gasteiger partial charge >= 0.3 is 5.97 Å². The molecule has 13 atom stereocenters. The first-order chi connectivity index (χ1) is 60.3. The van der Waals surface area contributed by atoms with Crippen LogP contribution in [0.4, 0.5) is 0 Å². The number of aliphatic hydroxyl groups excluding tert-OH is 1. The lowest BCUT2D eigenvalue weighted by Crippen LogP contribution is -2.61. The third-order valence-electron chi connectivity index (χ3n) is 21.5. The van der Waals surface area contributed by atoms with E-state index in [1.807, 2.05) is 25.1 Å². The van der Waals surface area contributed by atoms with Crippen LogP contribution in [0.3, 0.4) is 0 Å². The molecule has 126 heavy (non-hydrogen) atoms. The van der Waals surface area contributed by atoms with Gasteiger partial charge in [-0.2, -0.15) is 0 Å². The van der Waals surface area contributed by atoms with Crippen LogP contribution in [-0.4, -0.2) is 230 Å². The lowest BCUT2D eigenvalue weighted by Gasteiger charge is -2.29. The largest absolute Gasteiger partial charge is 0.508 e. The van der Waals surface area contributed by atoms with Crippen LogP contribution < -0.4 is 91.6 Å². The number of fused-ring (bicyclic) bond motifs is 3. The van der Waals surface area contributed by atoms with E-state index >= 15 is 28.8 Å². The summed E-state index contributed by atoms with van der Waals surface area (Å²) >= 11 is 0.829. The minimum atomic E-state index is -2.01. The van der Waals surface area contributed by atoms with Crippen LogP contribution in [0.25, 0.3) is 32.6 Å². The molecule has 0 saturated carbocycles. The Morgan fingerprint density at radius 1 is 0.492 bits per heavy atom. The average molecular weight is 1760 g/mol. The molecule has 26 N–H and O–H groups in total. The zero-order chi connectivity index (χ0) is 91.7. The van der Waals surface area contributed by atoms with Gasteiger partial charge in [-0.3, -0.25) is 77.3 Å². The predicted octanol–water partition coefficient (Wildman–Crippen LogP) is -0.304. The first-order valence-electron chi connectivity index (χ1n) is 42.0. The first-order valence-corrected chi connectivity index (χ1v) is 43.2. The number of unbranched alkanes of at least 4 members (excludes halogenated alkanes) is 2. The van der Waals surface area contributed by atoms with E-state index in [2.05, 4.69) is 84.4 Å². The molecule has 0 bridgehead atoms. The number of carbonyl (C=O) groups excluding carboxylic acids is 14. The van der Waals surface area contributed by atoms with Gasteiger partial charge in [-0.1, -0.05) is 145 Å². The van der Waals surface area contributed by atoms with Crippen molar-refractivity contribution in [2.45, 2.75) is 197 Å². The van der Waals surface area contributed by atoms with E-state index in [-0.39, 0.29) is 88.8 Å². The van der Waals surface area contributed by atoms with E-state index in [0.29, 0.717) is 63.3 Å². The van der Waals surface area contributed by atoms with Crippen molar-refractivity contribution in [1.82, 2.24) is 84.4 Å². The summed E-state index contributed by atoms with van der Waals surface area (Å²) in [5.74, 6) is -18.3. The van der Waals surface area contributed by atoms with Gasteiger partial charge in [0.15, 0.2) is 5.96 Å². The summed E-state index contributed by atoms with van der Waals surface area (Å²) in [6.07, 6.45) is 2.27. The van der Waals surface area contributed by atoms with Crippen molar-refractivity contribution in [3.05, 3.63) is 150 Å². The second kappa shape index (κ2) is 48.8. The first kappa shape index (κ1) is 98.3. The molecule has 8 rings (SSSR count). The number of nitrogens with two attached hydrogens (primary N) is 3. The fraction of sp³-hybridized carbons (Fsp3) is 0.448. The molecule has 678 valence electrons. The van der Waals surface area contributed by atoms with Gasteiger partial charge in [-0.15, -0.1) is 11.8 Å². The highest BCUT2D eigenvalue weighted by molar-refractivity contribution is 8.00. The number of guanidine groups is 1. The molecule has 5 aromatic carbocycles. The van der Waals surface area contributed by atoms with Crippen molar-refractivity contribution in [2.24, 2.45) is 29.0 Å². The Hall–Kier alpha value is -13.2. The number of aromatic nitrogens is 2. The molecule has 1 aliphatic rings. The van der Waals surface area contributed by atoms with Crippen LogP contribution in [0.1, 0.15) is 121 Å². The van der Waals surface area contributed by atoms with Gasteiger partial charge in [0.05, 0.1) is 25.3 Å². The number of primary amides is 1. The van der Waals surface area contributed by atoms with Crippen LogP contribution in [0, 0.1) is 17.2 Å². The molecular weight excluding hydrogens is 1650 g/mol. The lowest BCUT2D eigenvalue weighted by atomic mass is 9.96. The molecular formula is C87H116N20O18S. The number of carbonyl (C=O) groups is 15. The predicted molar refractivity (Wildman–Crippen MR) is 471 cm³/mol. The van der Waals surface area contributed by atoms with Crippen molar-refractivity contribution in [3.63, 3.8) is 0 Å². The van der Waals surface area contributed by atoms with Crippen molar-refractivity contribution < 1.29 is 87.2 Å². The molecule has 1 aliphatic heterocycles. The van der Waals surface area contributed by atoms with Crippen molar-refractivity contribution >= 4 is 139 Å². The topological polar surface area (TPSA) is 619 Å². The van der Waals surface area contributed by atoms with E-state index in [4.69, 9.17) is 22.6 Å². The van der Waals surface area contributed by atoms with Crippen molar-refractivity contribution in [1.29, 1.82) is 5.41 Å². The highest BCUT2D eigenvalue weighted by Gasteiger charge is 2.39. The quantitative estimate of drug-likeness (QED) is 0.0188. The Balaban J connectivity index is 1.17. The number of phenols is 1. The van der Waals surface area contributed by atoms with Gasteiger partial charge in [0.1, 0.15) is 78.3 Å². The number of nitrogens with one attached hydrogen (secondary N) is 17. The maximum absolute atomic E-state index is 15.2. The molecule has 0 aliphatic carbocycles. The second-order valence-corrected chi connectivity index (χ2v) is 32.6. The summed E-state index contributed by atoms with van der Waals surface area (Å²) in [6.45, 7) is 6.42. The summed E-state index contributed by atoms with van der Waals surface area (Å²) in [4.78, 5) is 224. The number of rotatable bonds is 26. The number of benzene rings is 5. The zero-order valence-corrected chi connectivity index (χ0v) is 71.8. The number of aliphatic carboxylic acids is 1. The maximum Gasteiger partial charge on any atom is 0.305 e. The normalized spacial score (nSPS) is 22.7. The molecule has 3 heterocycles. The Morgan fingerprint density at radius 3 is 1.50 bits per heavy atom. The number of aromatic hydroxyl groups is 1. The number of hydrogen-bond acceptors (Lipinski definition) is 20.